The van der Waals surface area contributed by atoms with Gasteiger partial charge >= 0.3 is 6.01 Å². The van der Waals surface area contributed by atoms with E-state index in [1.165, 1.54) is 11.8 Å². The Bertz CT molecular complexity index is 664. The first-order chi connectivity index (χ1) is 12.1. The van der Waals surface area contributed by atoms with Crippen LogP contribution in [0.5, 0.6) is 6.01 Å². The number of ether oxygens (including phenoxy) is 1. The summed E-state index contributed by atoms with van der Waals surface area (Å²) in [6.45, 7) is 8.54. The van der Waals surface area contributed by atoms with Crippen molar-refractivity contribution in [1.82, 2.24) is 9.97 Å². The monoisotopic (exact) mass is 358 g/mol. The molecule has 0 aromatic carbocycles. The Morgan fingerprint density at radius 1 is 1.56 bits per heavy atom. The van der Waals surface area contributed by atoms with Crippen molar-refractivity contribution in [2.24, 2.45) is 10.9 Å². The Kier molecular flexibility index (Phi) is 9.56. The molecule has 0 saturated heterocycles. The van der Waals surface area contributed by atoms with E-state index >= 15 is 0 Å². The van der Waals surface area contributed by atoms with Crippen LogP contribution in [-0.2, 0) is 0 Å². The van der Waals surface area contributed by atoms with Crippen molar-refractivity contribution in [3.05, 3.63) is 42.3 Å². The van der Waals surface area contributed by atoms with Gasteiger partial charge in [0.2, 0.25) is 0 Å². The Labute approximate surface area is 154 Å². The lowest BCUT2D eigenvalue weighted by Gasteiger charge is -2.12. The lowest BCUT2D eigenvalue weighted by Crippen LogP contribution is -2.11. The number of hydrogen-bond acceptors (Lipinski definition) is 6. The van der Waals surface area contributed by atoms with E-state index < -0.39 is 5.92 Å². The van der Waals surface area contributed by atoms with Gasteiger partial charge in [-0.3, -0.25) is 4.99 Å². The van der Waals surface area contributed by atoms with E-state index in [-0.39, 0.29) is 6.01 Å². The van der Waals surface area contributed by atoms with Crippen LogP contribution in [-0.4, -0.2) is 34.9 Å². The molecule has 0 bridgehead atoms. The Morgan fingerprint density at radius 2 is 2.32 bits per heavy atom. The first-order valence-corrected chi connectivity index (χ1v) is 9.51. The fourth-order valence-corrected chi connectivity index (χ4v) is 2.99. The third-order valence-corrected chi connectivity index (χ3v) is 4.47. The minimum Gasteiger partial charge on any atom is -0.459 e. The van der Waals surface area contributed by atoms with E-state index in [1.54, 1.807) is 25.4 Å². The molecule has 0 aliphatic carbocycles. The molecule has 6 heteroatoms. The van der Waals surface area contributed by atoms with Crippen LogP contribution in [0.25, 0.3) is 0 Å². The second-order valence-corrected chi connectivity index (χ2v) is 6.42. The third-order valence-electron chi connectivity index (χ3n) is 3.63. The first kappa shape index (κ1) is 20.9. The molecule has 0 amide bonds. The molecule has 2 atom stereocenters. The molecule has 5 nitrogen and oxygen atoms in total. The summed E-state index contributed by atoms with van der Waals surface area (Å²) < 4.78 is 5.70. The number of nitriles is 1. The maximum atomic E-state index is 9.44. The summed E-state index contributed by atoms with van der Waals surface area (Å²) in [5, 5.41) is 10.2. The maximum absolute atomic E-state index is 9.44. The predicted octanol–water partition coefficient (Wildman–Crippen LogP) is 4.40. The number of hydrogen-bond donors (Lipinski definition) is 0. The molecule has 0 saturated carbocycles. The minimum atomic E-state index is -0.510. The molecule has 0 aliphatic rings. The van der Waals surface area contributed by atoms with Gasteiger partial charge in [0, 0.05) is 13.2 Å². The Morgan fingerprint density at radius 3 is 2.88 bits per heavy atom. The van der Waals surface area contributed by atoms with Gasteiger partial charge in [-0.05, 0) is 30.2 Å². The van der Waals surface area contributed by atoms with E-state index in [0.717, 1.165) is 18.4 Å². The van der Waals surface area contributed by atoms with Crippen LogP contribution in [0.15, 0.2) is 41.6 Å². The van der Waals surface area contributed by atoms with Gasteiger partial charge in [-0.1, -0.05) is 39.0 Å². The van der Waals surface area contributed by atoms with Gasteiger partial charge < -0.3 is 4.74 Å². The zero-order valence-corrected chi connectivity index (χ0v) is 16.2. The summed E-state index contributed by atoms with van der Waals surface area (Å²) in [6, 6.07) is 4.21. The summed E-state index contributed by atoms with van der Waals surface area (Å²) in [5.74, 6) is -0.0360. The summed E-state index contributed by atoms with van der Waals surface area (Å²) in [5.41, 5.74) is 1.60. The van der Waals surface area contributed by atoms with Gasteiger partial charge in [0.05, 0.1) is 16.8 Å². The van der Waals surface area contributed by atoms with Crippen LogP contribution in [0.2, 0.25) is 0 Å². The standard InChI is InChI=1S/C19H26N4OS/c1-6-8-14(3)11-15(7-2)13-24-19-22-10-9-17(23-19)16(12-20)18(21-4)25-5/h7,9-11,14,16H,2,6,8,13H2,1,3-5H3. The highest BCUT2D eigenvalue weighted by atomic mass is 32.2. The lowest BCUT2D eigenvalue weighted by molar-refractivity contribution is 0.324. The Balaban J connectivity index is 2.88. The van der Waals surface area contributed by atoms with Crippen LogP contribution in [0.3, 0.4) is 0 Å². The number of rotatable bonds is 9. The normalized spacial score (nSPS) is 14.5. The second-order valence-electron chi connectivity index (χ2n) is 5.59. The van der Waals surface area contributed by atoms with Crippen molar-refractivity contribution in [3.8, 4) is 12.1 Å². The molecule has 0 fully saturated rings. The highest BCUT2D eigenvalue weighted by molar-refractivity contribution is 8.13. The average molecular weight is 359 g/mol. The highest BCUT2D eigenvalue weighted by Gasteiger charge is 2.19. The number of thioether (sulfide) groups is 1. The zero-order valence-electron chi connectivity index (χ0n) is 15.4. The summed E-state index contributed by atoms with van der Waals surface area (Å²) in [7, 11) is 1.67. The summed E-state index contributed by atoms with van der Waals surface area (Å²) in [4.78, 5) is 12.7. The van der Waals surface area contributed by atoms with E-state index in [0.29, 0.717) is 23.3 Å². The number of nitrogens with zero attached hydrogens (tertiary/aromatic N) is 4. The number of allylic oxidation sites excluding steroid dienone is 1. The highest BCUT2D eigenvalue weighted by Crippen LogP contribution is 2.21. The molecule has 1 aromatic heterocycles. The van der Waals surface area contributed by atoms with Crippen molar-refractivity contribution < 1.29 is 4.74 Å². The molecule has 0 radical (unpaired) electrons. The third kappa shape index (κ3) is 6.71. The van der Waals surface area contributed by atoms with Gasteiger partial charge in [0.25, 0.3) is 0 Å². The van der Waals surface area contributed by atoms with Crippen molar-refractivity contribution in [3.63, 3.8) is 0 Å². The van der Waals surface area contributed by atoms with Crippen molar-refractivity contribution in [1.29, 1.82) is 5.26 Å². The van der Waals surface area contributed by atoms with Crippen molar-refractivity contribution >= 4 is 16.8 Å². The molecule has 1 aromatic rings. The van der Waals surface area contributed by atoms with Gasteiger partial charge in [-0.15, -0.1) is 11.8 Å². The minimum absolute atomic E-state index is 0.255. The molecule has 134 valence electrons. The van der Waals surface area contributed by atoms with Crippen LogP contribution < -0.4 is 4.74 Å². The predicted molar refractivity (Wildman–Crippen MR) is 105 cm³/mol. The van der Waals surface area contributed by atoms with E-state index in [1.807, 2.05) is 6.26 Å². The average Bonchev–Trinajstić information content (AvgIpc) is 2.63. The molecule has 25 heavy (non-hydrogen) atoms. The van der Waals surface area contributed by atoms with Gasteiger partial charge in [-0.25, -0.2) is 4.98 Å². The number of aromatic nitrogens is 2. The molecule has 0 N–H and O–H groups in total. The van der Waals surface area contributed by atoms with Gasteiger partial charge in [-0.2, -0.15) is 10.2 Å². The fraction of sp³-hybridized carbons (Fsp3) is 0.474. The second kappa shape index (κ2) is 11.4. The largest absolute Gasteiger partial charge is 0.459 e. The molecule has 0 aliphatic heterocycles. The van der Waals surface area contributed by atoms with Crippen LogP contribution in [0.1, 0.15) is 38.3 Å². The van der Waals surface area contributed by atoms with Crippen LogP contribution in [0, 0.1) is 17.2 Å². The van der Waals surface area contributed by atoms with E-state index in [9.17, 15) is 5.26 Å². The smallest absolute Gasteiger partial charge is 0.316 e. The van der Waals surface area contributed by atoms with Gasteiger partial charge in [0.1, 0.15) is 12.5 Å². The Hall–Kier alpha value is -2.13. The molecular formula is C19H26N4OS. The zero-order chi connectivity index (χ0) is 18.7. The van der Waals surface area contributed by atoms with Crippen molar-refractivity contribution in [2.45, 2.75) is 32.6 Å². The first-order valence-electron chi connectivity index (χ1n) is 8.28. The fourth-order valence-electron chi connectivity index (χ4n) is 2.40. The van der Waals surface area contributed by atoms with Crippen LogP contribution in [0.4, 0.5) is 0 Å². The van der Waals surface area contributed by atoms with Crippen LogP contribution >= 0.6 is 11.8 Å². The SMILES string of the molecule is C=CC(=CC(C)CCC)COc1nccc(C(C#N)C(=NC)SC)n1. The molecular weight excluding hydrogens is 332 g/mol. The summed E-state index contributed by atoms with van der Waals surface area (Å²) >= 11 is 1.44. The lowest BCUT2D eigenvalue weighted by atomic mass is 10.0. The quantitative estimate of drug-likeness (QED) is 0.372. The van der Waals surface area contributed by atoms with Crippen molar-refractivity contribution in [2.75, 3.05) is 19.9 Å². The molecule has 2 unspecified atom stereocenters. The maximum Gasteiger partial charge on any atom is 0.316 e. The summed E-state index contributed by atoms with van der Waals surface area (Å²) in [6.07, 6.45) is 9.72. The van der Waals surface area contributed by atoms with E-state index in [4.69, 9.17) is 4.74 Å². The molecule has 0 spiro atoms. The van der Waals surface area contributed by atoms with Gasteiger partial charge in [0.15, 0.2) is 0 Å². The molecule has 1 rings (SSSR count). The van der Waals surface area contributed by atoms with E-state index in [2.05, 4.69) is 47.5 Å². The number of aliphatic imine (C=N–C) groups is 1. The molecule has 1 heterocycles. The topological polar surface area (TPSA) is 71.2 Å².